The molecule has 0 aromatic carbocycles. The molecular weight excluding hydrogens is 266 g/mol. The smallest absolute Gasteiger partial charge is 0.272 e. The molecule has 1 amide bonds. The first-order valence-electron chi connectivity index (χ1n) is 7.79. The summed E-state index contributed by atoms with van der Waals surface area (Å²) < 4.78 is 0. The predicted molar refractivity (Wildman–Crippen MR) is 85.5 cm³/mol. The van der Waals surface area contributed by atoms with Crippen LogP contribution in [0.25, 0.3) is 0 Å². The second-order valence-corrected chi connectivity index (χ2v) is 5.05. The van der Waals surface area contributed by atoms with Gasteiger partial charge in [0.25, 0.3) is 5.91 Å². The molecule has 0 aliphatic heterocycles. The van der Waals surface area contributed by atoms with Crippen molar-refractivity contribution in [1.29, 1.82) is 0 Å². The van der Waals surface area contributed by atoms with Crippen molar-refractivity contribution in [3.8, 4) is 0 Å². The van der Waals surface area contributed by atoms with E-state index < -0.39 is 0 Å². The molecule has 0 saturated carbocycles. The SMILES string of the molecule is CCCNc1ccc(C(=O)N(CCO)C(CC)CC)nc1. The third-order valence-corrected chi connectivity index (χ3v) is 3.55. The third kappa shape index (κ3) is 5.01. The number of carbonyl (C=O) groups excluding carboxylic acids is 1. The number of anilines is 1. The van der Waals surface area contributed by atoms with E-state index in [1.807, 2.05) is 6.07 Å². The van der Waals surface area contributed by atoms with Crippen LogP contribution < -0.4 is 5.32 Å². The average molecular weight is 293 g/mol. The molecule has 0 spiro atoms. The van der Waals surface area contributed by atoms with Gasteiger partial charge in [-0.05, 0) is 31.4 Å². The second kappa shape index (κ2) is 9.34. The van der Waals surface area contributed by atoms with Gasteiger partial charge in [0.15, 0.2) is 0 Å². The zero-order valence-electron chi connectivity index (χ0n) is 13.3. The number of hydrogen-bond donors (Lipinski definition) is 2. The molecule has 1 aromatic rings. The molecule has 1 rings (SSSR count). The van der Waals surface area contributed by atoms with Gasteiger partial charge in [-0.3, -0.25) is 4.79 Å². The number of amides is 1. The minimum Gasteiger partial charge on any atom is -0.395 e. The van der Waals surface area contributed by atoms with Crippen LogP contribution >= 0.6 is 0 Å². The highest BCUT2D eigenvalue weighted by atomic mass is 16.3. The second-order valence-electron chi connectivity index (χ2n) is 5.05. The maximum Gasteiger partial charge on any atom is 0.272 e. The van der Waals surface area contributed by atoms with Gasteiger partial charge in [-0.25, -0.2) is 4.98 Å². The molecule has 0 atom stereocenters. The Kier molecular flexibility index (Phi) is 7.75. The average Bonchev–Trinajstić information content (AvgIpc) is 2.53. The number of pyridine rings is 1. The van der Waals surface area contributed by atoms with Gasteiger partial charge in [0.1, 0.15) is 5.69 Å². The van der Waals surface area contributed by atoms with Crippen LogP contribution in [0.5, 0.6) is 0 Å². The summed E-state index contributed by atoms with van der Waals surface area (Å²) in [5, 5.41) is 12.4. The van der Waals surface area contributed by atoms with E-state index in [2.05, 4.69) is 31.1 Å². The Morgan fingerprint density at radius 1 is 1.33 bits per heavy atom. The molecule has 5 nitrogen and oxygen atoms in total. The highest BCUT2D eigenvalue weighted by molar-refractivity contribution is 5.92. The molecule has 0 radical (unpaired) electrons. The van der Waals surface area contributed by atoms with Crippen molar-refractivity contribution >= 4 is 11.6 Å². The van der Waals surface area contributed by atoms with Crippen molar-refractivity contribution < 1.29 is 9.90 Å². The summed E-state index contributed by atoms with van der Waals surface area (Å²) in [5.74, 6) is -0.111. The summed E-state index contributed by atoms with van der Waals surface area (Å²) in [6.07, 6.45) is 4.48. The number of rotatable bonds is 9. The maximum atomic E-state index is 12.6. The molecule has 0 unspecified atom stereocenters. The monoisotopic (exact) mass is 293 g/mol. The minimum absolute atomic E-state index is 0.0294. The van der Waals surface area contributed by atoms with E-state index >= 15 is 0 Å². The lowest BCUT2D eigenvalue weighted by Gasteiger charge is -2.29. The van der Waals surface area contributed by atoms with Crippen molar-refractivity contribution in [3.63, 3.8) is 0 Å². The molecule has 0 aliphatic rings. The number of aromatic nitrogens is 1. The summed E-state index contributed by atoms with van der Waals surface area (Å²) in [5.41, 5.74) is 1.35. The molecule has 0 saturated heterocycles. The number of nitrogens with one attached hydrogen (secondary N) is 1. The lowest BCUT2D eigenvalue weighted by atomic mass is 10.1. The Hall–Kier alpha value is -1.62. The van der Waals surface area contributed by atoms with Crippen LogP contribution in [0.4, 0.5) is 5.69 Å². The van der Waals surface area contributed by atoms with Crippen LogP contribution in [0.3, 0.4) is 0 Å². The van der Waals surface area contributed by atoms with Gasteiger partial charge in [0.2, 0.25) is 0 Å². The van der Waals surface area contributed by atoms with E-state index in [-0.39, 0.29) is 18.6 Å². The fourth-order valence-corrected chi connectivity index (χ4v) is 2.33. The first kappa shape index (κ1) is 17.4. The number of carbonyl (C=O) groups is 1. The molecule has 0 fully saturated rings. The molecule has 21 heavy (non-hydrogen) atoms. The highest BCUT2D eigenvalue weighted by Crippen LogP contribution is 2.14. The van der Waals surface area contributed by atoms with Crippen LogP contribution in [0.15, 0.2) is 18.3 Å². The zero-order chi connectivity index (χ0) is 15.7. The Bertz CT molecular complexity index is 416. The van der Waals surface area contributed by atoms with Crippen molar-refractivity contribution in [3.05, 3.63) is 24.0 Å². The van der Waals surface area contributed by atoms with Crippen LogP contribution in [0.2, 0.25) is 0 Å². The fraction of sp³-hybridized carbons (Fsp3) is 0.625. The van der Waals surface area contributed by atoms with Gasteiger partial charge in [-0.1, -0.05) is 20.8 Å². The van der Waals surface area contributed by atoms with Gasteiger partial charge in [-0.2, -0.15) is 0 Å². The first-order chi connectivity index (χ1) is 10.2. The van der Waals surface area contributed by atoms with E-state index in [1.165, 1.54) is 0 Å². The van der Waals surface area contributed by atoms with Crippen molar-refractivity contribution in [2.75, 3.05) is 25.0 Å². The number of hydrogen-bond acceptors (Lipinski definition) is 4. The van der Waals surface area contributed by atoms with Crippen LogP contribution in [-0.2, 0) is 0 Å². The van der Waals surface area contributed by atoms with Gasteiger partial charge < -0.3 is 15.3 Å². The summed E-state index contributed by atoms with van der Waals surface area (Å²) in [4.78, 5) is 18.5. The summed E-state index contributed by atoms with van der Waals surface area (Å²) >= 11 is 0. The van der Waals surface area contributed by atoms with Crippen molar-refractivity contribution in [2.24, 2.45) is 0 Å². The Morgan fingerprint density at radius 3 is 2.52 bits per heavy atom. The highest BCUT2D eigenvalue weighted by Gasteiger charge is 2.22. The lowest BCUT2D eigenvalue weighted by Crippen LogP contribution is -2.41. The zero-order valence-corrected chi connectivity index (χ0v) is 13.3. The van der Waals surface area contributed by atoms with Gasteiger partial charge in [-0.15, -0.1) is 0 Å². The molecule has 5 heteroatoms. The predicted octanol–water partition coefficient (Wildman–Crippen LogP) is 2.53. The molecule has 1 heterocycles. The number of aliphatic hydroxyl groups is 1. The van der Waals surface area contributed by atoms with E-state index in [1.54, 1.807) is 17.2 Å². The molecule has 0 aliphatic carbocycles. The van der Waals surface area contributed by atoms with Crippen molar-refractivity contribution in [2.45, 2.75) is 46.1 Å². The number of nitrogens with zero attached hydrogens (tertiary/aromatic N) is 2. The fourth-order valence-electron chi connectivity index (χ4n) is 2.33. The lowest BCUT2D eigenvalue weighted by molar-refractivity contribution is 0.0616. The van der Waals surface area contributed by atoms with E-state index in [0.717, 1.165) is 31.5 Å². The van der Waals surface area contributed by atoms with Gasteiger partial charge >= 0.3 is 0 Å². The van der Waals surface area contributed by atoms with E-state index in [4.69, 9.17) is 0 Å². The molecule has 2 N–H and O–H groups in total. The first-order valence-corrected chi connectivity index (χ1v) is 7.79. The number of aliphatic hydroxyl groups excluding tert-OH is 1. The Labute approximate surface area is 127 Å². The van der Waals surface area contributed by atoms with Gasteiger partial charge in [0, 0.05) is 19.1 Å². The maximum absolute atomic E-state index is 12.6. The normalized spacial score (nSPS) is 10.7. The Balaban J connectivity index is 2.83. The van der Waals surface area contributed by atoms with E-state index in [9.17, 15) is 9.90 Å². The standard InChI is InChI=1S/C16H27N3O2/c1-4-9-17-13-7-8-15(18-12-13)16(21)19(10-11-20)14(5-2)6-3/h7-8,12,14,17,20H,4-6,9-11H2,1-3H3. The quantitative estimate of drug-likeness (QED) is 0.734. The summed E-state index contributed by atoms with van der Waals surface area (Å²) in [7, 11) is 0. The molecule has 118 valence electrons. The summed E-state index contributed by atoms with van der Waals surface area (Å²) in [6.45, 7) is 7.41. The minimum atomic E-state index is -0.111. The van der Waals surface area contributed by atoms with Crippen molar-refractivity contribution in [1.82, 2.24) is 9.88 Å². The molecular formula is C16H27N3O2. The van der Waals surface area contributed by atoms with Crippen LogP contribution in [-0.4, -0.2) is 46.6 Å². The topological polar surface area (TPSA) is 65.5 Å². The van der Waals surface area contributed by atoms with Crippen LogP contribution in [0.1, 0.15) is 50.5 Å². The molecule has 1 aromatic heterocycles. The van der Waals surface area contributed by atoms with Crippen LogP contribution in [0, 0.1) is 0 Å². The molecule has 0 bridgehead atoms. The Morgan fingerprint density at radius 2 is 2.05 bits per heavy atom. The third-order valence-electron chi connectivity index (χ3n) is 3.55. The largest absolute Gasteiger partial charge is 0.395 e. The summed E-state index contributed by atoms with van der Waals surface area (Å²) in [6, 6.07) is 3.76. The van der Waals surface area contributed by atoms with Gasteiger partial charge in [0.05, 0.1) is 18.5 Å². The van der Waals surface area contributed by atoms with E-state index in [0.29, 0.717) is 12.2 Å².